The van der Waals surface area contributed by atoms with Crippen LogP contribution in [0.4, 0.5) is 0 Å². The molecule has 6 heteroatoms. The van der Waals surface area contributed by atoms with Crippen LogP contribution in [-0.2, 0) is 17.8 Å². The summed E-state index contributed by atoms with van der Waals surface area (Å²) in [4.78, 5) is 13.5. The maximum Gasteiger partial charge on any atom is 0.316 e. The van der Waals surface area contributed by atoms with E-state index in [1.54, 1.807) is 16.9 Å². The average molecular weight is 350 g/mol. The van der Waals surface area contributed by atoms with Crippen molar-refractivity contribution in [2.45, 2.75) is 33.7 Å². The van der Waals surface area contributed by atoms with E-state index in [0.717, 1.165) is 12.0 Å². The van der Waals surface area contributed by atoms with Gasteiger partial charge in [0.05, 0.1) is 12.0 Å². The third-order valence-electron chi connectivity index (χ3n) is 3.83. The van der Waals surface area contributed by atoms with Crippen molar-refractivity contribution >= 4 is 5.97 Å². The molecule has 0 radical (unpaired) electrons. The second kappa shape index (κ2) is 7.47. The summed E-state index contributed by atoms with van der Waals surface area (Å²) in [7, 11) is 0. The number of carbonyl (C=O) groups is 1. The van der Waals surface area contributed by atoms with Crippen molar-refractivity contribution in [3.8, 4) is 17.1 Å². The van der Waals surface area contributed by atoms with Crippen molar-refractivity contribution in [1.29, 1.82) is 0 Å². The lowest BCUT2D eigenvalue weighted by atomic mass is 9.97. The Bertz CT molecular complexity index is 865. The Morgan fingerprint density at radius 2 is 1.73 bits per heavy atom. The second-order valence-electron chi connectivity index (χ2n) is 7.11. The quantitative estimate of drug-likeness (QED) is 0.520. The number of tetrazole rings is 1. The number of aromatic nitrogens is 4. The molecule has 0 unspecified atom stereocenters. The molecule has 0 fully saturated rings. The van der Waals surface area contributed by atoms with E-state index in [-0.39, 0.29) is 5.97 Å². The van der Waals surface area contributed by atoms with Crippen molar-refractivity contribution in [3.63, 3.8) is 0 Å². The normalized spacial score (nSPS) is 11.3. The number of nitrogens with zero attached hydrogens (tertiary/aromatic N) is 4. The van der Waals surface area contributed by atoms with Crippen molar-refractivity contribution in [2.75, 3.05) is 0 Å². The first-order valence-electron chi connectivity index (χ1n) is 8.56. The summed E-state index contributed by atoms with van der Waals surface area (Å²) in [5.41, 5.74) is 1.52. The van der Waals surface area contributed by atoms with E-state index >= 15 is 0 Å². The van der Waals surface area contributed by atoms with Gasteiger partial charge in [0.15, 0.2) is 0 Å². The number of carbonyl (C=O) groups excluding carboxylic acids is 1. The minimum atomic E-state index is -0.540. The van der Waals surface area contributed by atoms with E-state index in [1.165, 1.54) is 5.56 Å². The predicted molar refractivity (Wildman–Crippen MR) is 98.5 cm³/mol. The van der Waals surface area contributed by atoms with Crippen LogP contribution >= 0.6 is 0 Å². The van der Waals surface area contributed by atoms with Gasteiger partial charge in [0, 0.05) is 5.56 Å². The minimum Gasteiger partial charge on any atom is -0.426 e. The van der Waals surface area contributed by atoms with Crippen LogP contribution < -0.4 is 4.74 Å². The molecule has 3 rings (SSSR count). The zero-order valence-electron chi connectivity index (χ0n) is 15.2. The number of rotatable bonds is 5. The molecule has 0 amide bonds. The van der Waals surface area contributed by atoms with E-state index in [0.29, 0.717) is 18.1 Å². The molecule has 3 aromatic rings. The van der Waals surface area contributed by atoms with Gasteiger partial charge in [0.25, 0.3) is 0 Å². The van der Waals surface area contributed by atoms with E-state index in [9.17, 15) is 4.79 Å². The summed E-state index contributed by atoms with van der Waals surface area (Å²) in [6.45, 7) is 6.13. The summed E-state index contributed by atoms with van der Waals surface area (Å²) >= 11 is 0. The Balaban J connectivity index is 1.63. The molecular weight excluding hydrogens is 328 g/mol. The Morgan fingerprint density at radius 1 is 1.04 bits per heavy atom. The maximum absolute atomic E-state index is 11.9. The van der Waals surface area contributed by atoms with Crippen LogP contribution in [0.2, 0.25) is 0 Å². The van der Waals surface area contributed by atoms with E-state index < -0.39 is 5.41 Å². The molecule has 26 heavy (non-hydrogen) atoms. The molecule has 0 saturated heterocycles. The zero-order valence-corrected chi connectivity index (χ0v) is 15.2. The largest absolute Gasteiger partial charge is 0.426 e. The third kappa shape index (κ3) is 4.53. The molecule has 0 spiro atoms. The molecule has 6 nitrogen and oxygen atoms in total. The first kappa shape index (κ1) is 17.8. The molecule has 134 valence electrons. The molecular formula is C20H22N4O2. The van der Waals surface area contributed by atoms with E-state index in [4.69, 9.17) is 4.74 Å². The summed E-state index contributed by atoms with van der Waals surface area (Å²) in [5, 5.41) is 12.6. The van der Waals surface area contributed by atoms with Crippen LogP contribution in [0.15, 0.2) is 54.6 Å². The number of benzene rings is 2. The fourth-order valence-electron chi connectivity index (χ4n) is 2.26. The highest BCUT2D eigenvalue weighted by Gasteiger charge is 2.23. The number of esters is 1. The highest BCUT2D eigenvalue weighted by molar-refractivity contribution is 5.78. The molecule has 0 N–H and O–H groups in total. The molecule has 0 bridgehead atoms. The second-order valence-corrected chi connectivity index (χ2v) is 7.11. The van der Waals surface area contributed by atoms with E-state index in [2.05, 4.69) is 27.5 Å². The first-order chi connectivity index (χ1) is 12.4. The Labute approximate surface area is 152 Å². The molecule has 0 atom stereocenters. The van der Waals surface area contributed by atoms with Gasteiger partial charge in [0.2, 0.25) is 5.82 Å². The molecule has 1 heterocycles. The number of hydrogen-bond acceptors (Lipinski definition) is 5. The van der Waals surface area contributed by atoms with Gasteiger partial charge in [-0.25, -0.2) is 0 Å². The summed E-state index contributed by atoms with van der Waals surface area (Å²) < 4.78 is 5.36. The first-order valence-corrected chi connectivity index (χ1v) is 8.56. The van der Waals surface area contributed by atoms with E-state index in [1.807, 2.05) is 51.1 Å². The predicted octanol–water partition coefficient (Wildman–Crippen LogP) is 3.53. The number of hydrogen-bond donors (Lipinski definition) is 0. The molecule has 0 aliphatic carbocycles. The van der Waals surface area contributed by atoms with Crippen LogP contribution in [0.5, 0.6) is 5.75 Å². The molecule has 0 aliphatic rings. The number of aryl methyl sites for hydroxylation is 2. The Kier molecular flexibility index (Phi) is 5.11. The lowest BCUT2D eigenvalue weighted by Crippen LogP contribution is -2.25. The standard InChI is InChI=1S/C20H22N4O2/c1-20(2,3)19(25)26-17-11-9-16(10-12-17)18-21-23-24(22-18)14-13-15-7-5-4-6-8-15/h4-12H,13-14H2,1-3H3. The lowest BCUT2D eigenvalue weighted by Gasteiger charge is -2.16. The van der Waals surface area contributed by atoms with Crippen LogP contribution in [0.1, 0.15) is 26.3 Å². The van der Waals surface area contributed by atoms with Crippen molar-refractivity contribution in [1.82, 2.24) is 20.2 Å². The van der Waals surface area contributed by atoms with Crippen molar-refractivity contribution in [2.24, 2.45) is 5.41 Å². The van der Waals surface area contributed by atoms with Gasteiger partial charge < -0.3 is 4.74 Å². The van der Waals surface area contributed by atoms with Gasteiger partial charge in [-0.3, -0.25) is 4.79 Å². The van der Waals surface area contributed by atoms with Crippen LogP contribution in [0.25, 0.3) is 11.4 Å². The third-order valence-corrected chi connectivity index (χ3v) is 3.83. The highest BCUT2D eigenvalue weighted by Crippen LogP contribution is 2.22. The van der Waals surface area contributed by atoms with Crippen LogP contribution in [0, 0.1) is 5.41 Å². The Hall–Kier alpha value is -3.02. The van der Waals surface area contributed by atoms with Crippen molar-refractivity contribution < 1.29 is 9.53 Å². The van der Waals surface area contributed by atoms with Gasteiger partial charge in [-0.2, -0.15) is 4.80 Å². The maximum atomic E-state index is 11.9. The van der Waals surface area contributed by atoms with Crippen LogP contribution in [0.3, 0.4) is 0 Å². The molecule has 1 aromatic heterocycles. The highest BCUT2D eigenvalue weighted by atomic mass is 16.5. The SMILES string of the molecule is CC(C)(C)C(=O)Oc1ccc(-c2nnn(CCc3ccccc3)n2)cc1. The topological polar surface area (TPSA) is 69.9 Å². The van der Waals surface area contributed by atoms with Crippen molar-refractivity contribution in [3.05, 3.63) is 60.2 Å². The lowest BCUT2D eigenvalue weighted by molar-refractivity contribution is -0.142. The minimum absolute atomic E-state index is 0.268. The Morgan fingerprint density at radius 3 is 2.38 bits per heavy atom. The number of ether oxygens (including phenoxy) is 1. The summed E-state index contributed by atoms with van der Waals surface area (Å²) in [6.07, 6.45) is 0.846. The van der Waals surface area contributed by atoms with Gasteiger partial charge >= 0.3 is 5.97 Å². The smallest absolute Gasteiger partial charge is 0.316 e. The van der Waals surface area contributed by atoms with Gasteiger partial charge in [-0.1, -0.05) is 30.3 Å². The van der Waals surface area contributed by atoms with Gasteiger partial charge in [-0.05, 0) is 62.2 Å². The summed E-state index contributed by atoms with van der Waals surface area (Å²) in [6, 6.07) is 17.3. The molecule has 2 aromatic carbocycles. The summed E-state index contributed by atoms with van der Waals surface area (Å²) in [5.74, 6) is 0.784. The zero-order chi connectivity index (χ0) is 18.6. The fraction of sp³-hybridized carbons (Fsp3) is 0.300. The van der Waals surface area contributed by atoms with Crippen LogP contribution in [-0.4, -0.2) is 26.2 Å². The molecule has 0 saturated carbocycles. The monoisotopic (exact) mass is 350 g/mol. The van der Waals surface area contributed by atoms with Gasteiger partial charge in [-0.15, -0.1) is 10.2 Å². The average Bonchev–Trinajstić information content (AvgIpc) is 3.10. The van der Waals surface area contributed by atoms with Gasteiger partial charge in [0.1, 0.15) is 5.75 Å². The fourth-order valence-corrected chi connectivity index (χ4v) is 2.26. The molecule has 0 aliphatic heterocycles.